The number of aromatic nitrogens is 1. The zero-order chi connectivity index (χ0) is 19.6. The zero-order valence-electron chi connectivity index (χ0n) is 16.8. The minimum Gasteiger partial charge on any atom is -0.396 e. The number of carbonyl (C=O) groups excluding carboxylic acids is 1. The van der Waals surface area contributed by atoms with E-state index in [2.05, 4.69) is 44.5 Å². The van der Waals surface area contributed by atoms with Crippen LogP contribution in [-0.4, -0.2) is 39.7 Å². The number of hydrogen-bond acceptors (Lipinski definition) is 2. The van der Waals surface area contributed by atoms with E-state index in [1.165, 1.54) is 10.9 Å². The molecule has 0 aliphatic heterocycles. The second-order valence-electron chi connectivity index (χ2n) is 7.73. The van der Waals surface area contributed by atoms with E-state index in [1.54, 1.807) is 0 Å². The van der Waals surface area contributed by atoms with Crippen molar-refractivity contribution in [2.45, 2.75) is 39.7 Å². The van der Waals surface area contributed by atoms with Crippen molar-refractivity contribution in [2.24, 2.45) is 13.0 Å². The Hall–Kier alpha value is -2.33. The van der Waals surface area contributed by atoms with Gasteiger partial charge in [0.25, 0.3) is 5.91 Å². The molecule has 0 aliphatic rings. The third-order valence-corrected chi connectivity index (χ3v) is 5.36. The molecule has 0 saturated heterocycles. The minimum atomic E-state index is 0.0545. The van der Waals surface area contributed by atoms with Gasteiger partial charge < -0.3 is 14.6 Å². The summed E-state index contributed by atoms with van der Waals surface area (Å²) in [5.74, 6) is 0.432. The second kappa shape index (κ2) is 8.13. The number of nitrogens with zero attached hydrogens (tertiary/aromatic N) is 2. The molecule has 0 fully saturated rings. The van der Waals surface area contributed by atoms with Crippen LogP contribution in [0.2, 0.25) is 0 Å². The van der Waals surface area contributed by atoms with Crippen LogP contribution in [0.15, 0.2) is 42.5 Å². The highest BCUT2D eigenvalue weighted by Gasteiger charge is 2.24. The smallest absolute Gasteiger partial charge is 0.254 e. The molecule has 144 valence electrons. The largest absolute Gasteiger partial charge is 0.396 e. The van der Waals surface area contributed by atoms with Gasteiger partial charge in [0.2, 0.25) is 0 Å². The summed E-state index contributed by atoms with van der Waals surface area (Å²) in [5, 5.41) is 11.7. The highest BCUT2D eigenvalue weighted by molar-refractivity contribution is 6.10. The monoisotopic (exact) mass is 366 g/mol. The fourth-order valence-electron chi connectivity index (χ4n) is 3.99. The van der Waals surface area contributed by atoms with Gasteiger partial charge in [-0.15, -0.1) is 0 Å². The molecule has 1 atom stereocenters. The summed E-state index contributed by atoms with van der Waals surface area (Å²) in [6.45, 7) is 7.13. The number of amides is 1. The maximum atomic E-state index is 13.4. The van der Waals surface area contributed by atoms with Gasteiger partial charge in [-0.3, -0.25) is 4.79 Å². The molecule has 1 aromatic heterocycles. The van der Waals surface area contributed by atoms with Gasteiger partial charge in [-0.25, -0.2) is 0 Å². The highest BCUT2D eigenvalue weighted by Crippen LogP contribution is 2.29. The van der Waals surface area contributed by atoms with E-state index < -0.39 is 0 Å². The molecule has 0 aliphatic carbocycles. The van der Waals surface area contributed by atoms with E-state index in [4.69, 9.17) is 0 Å². The van der Waals surface area contributed by atoms with E-state index in [-0.39, 0.29) is 18.6 Å². The van der Waals surface area contributed by atoms with E-state index in [9.17, 15) is 9.90 Å². The average molecular weight is 367 g/mol. The number of carbonyl (C=O) groups is 1. The van der Waals surface area contributed by atoms with Crippen molar-refractivity contribution in [3.05, 3.63) is 48.0 Å². The van der Waals surface area contributed by atoms with Crippen LogP contribution in [-0.2, 0) is 7.05 Å². The van der Waals surface area contributed by atoms with Crippen LogP contribution in [0.25, 0.3) is 21.8 Å². The van der Waals surface area contributed by atoms with Crippen LogP contribution in [0.1, 0.15) is 44.0 Å². The van der Waals surface area contributed by atoms with Crippen LogP contribution >= 0.6 is 0 Å². The number of fused-ring (bicyclic) bond motifs is 3. The first-order valence-corrected chi connectivity index (χ1v) is 9.86. The normalized spacial score (nSPS) is 12.8. The summed E-state index contributed by atoms with van der Waals surface area (Å²) in [7, 11) is 2.06. The molecule has 27 heavy (non-hydrogen) atoms. The maximum absolute atomic E-state index is 13.4. The number of aliphatic hydroxyl groups is 1. The molecule has 4 heteroatoms. The lowest BCUT2D eigenvalue weighted by Crippen LogP contribution is -2.42. The third-order valence-electron chi connectivity index (χ3n) is 5.36. The van der Waals surface area contributed by atoms with Crippen molar-refractivity contribution < 1.29 is 9.90 Å². The summed E-state index contributed by atoms with van der Waals surface area (Å²) < 4.78 is 2.17. The van der Waals surface area contributed by atoms with E-state index in [0.717, 1.165) is 22.9 Å². The molecule has 0 radical (unpaired) electrons. The lowest BCUT2D eigenvalue weighted by atomic mass is 10.0. The summed E-state index contributed by atoms with van der Waals surface area (Å²) in [6.07, 6.45) is 1.46. The Morgan fingerprint density at radius 3 is 2.48 bits per heavy atom. The molecule has 3 aromatic rings. The summed E-state index contributed by atoms with van der Waals surface area (Å²) in [6, 6.07) is 14.4. The zero-order valence-corrected chi connectivity index (χ0v) is 16.8. The quantitative estimate of drug-likeness (QED) is 0.665. The fourth-order valence-corrected chi connectivity index (χ4v) is 3.99. The van der Waals surface area contributed by atoms with Gasteiger partial charge in [-0.05, 0) is 43.0 Å². The van der Waals surface area contributed by atoms with Gasteiger partial charge in [0, 0.05) is 53.6 Å². The minimum absolute atomic E-state index is 0.0545. The number of benzene rings is 2. The third kappa shape index (κ3) is 3.72. The van der Waals surface area contributed by atoms with E-state index in [1.807, 2.05) is 35.2 Å². The lowest BCUT2D eigenvalue weighted by Gasteiger charge is -2.32. The van der Waals surface area contributed by atoms with Crippen molar-refractivity contribution >= 4 is 27.7 Å². The van der Waals surface area contributed by atoms with Crippen LogP contribution in [0.5, 0.6) is 0 Å². The Bertz CT molecular complexity index is 942. The first-order valence-electron chi connectivity index (χ1n) is 9.86. The van der Waals surface area contributed by atoms with Gasteiger partial charge in [0.15, 0.2) is 0 Å². The highest BCUT2D eigenvalue weighted by atomic mass is 16.3. The molecule has 3 rings (SSSR count). The van der Waals surface area contributed by atoms with E-state index >= 15 is 0 Å². The Labute approximate surface area is 161 Å². The molecule has 1 heterocycles. The molecular weight excluding hydrogens is 336 g/mol. The van der Waals surface area contributed by atoms with Crippen molar-refractivity contribution in [1.82, 2.24) is 9.47 Å². The van der Waals surface area contributed by atoms with Crippen molar-refractivity contribution in [3.8, 4) is 0 Å². The predicted octanol–water partition coefficient (Wildman–Crippen LogP) is 4.59. The summed E-state index contributed by atoms with van der Waals surface area (Å²) in [4.78, 5) is 15.3. The maximum Gasteiger partial charge on any atom is 0.254 e. The summed E-state index contributed by atoms with van der Waals surface area (Å²) in [5.41, 5.74) is 3.02. The lowest BCUT2D eigenvalue weighted by molar-refractivity contribution is 0.0613. The summed E-state index contributed by atoms with van der Waals surface area (Å²) >= 11 is 0. The van der Waals surface area contributed by atoms with Crippen LogP contribution in [0, 0.1) is 5.92 Å². The first kappa shape index (κ1) is 19.4. The second-order valence-corrected chi connectivity index (χ2v) is 7.73. The van der Waals surface area contributed by atoms with Gasteiger partial charge >= 0.3 is 0 Å². The standard InChI is InChI=1S/C23H30N2O2/c1-5-18(12-13-26)25(15-16(2)3)23(27)17-10-11-22-20(14-17)19-8-6-7-9-21(19)24(22)4/h6-11,14,16,18,26H,5,12-13,15H2,1-4H3. The number of aryl methyl sites for hydroxylation is 1. The van der Waals surface area contributed by atoms with Gasteiger partial charge in [0.05, 0.1) is 0 Å². The molecule has 1 N–H and O–H groups in total. The number of aliphatic hydroxyl groups excluding tert-OH is 1. The number of rotatable bonds is 7. The molecule has 0 saturated carbocycles. The van der Waals surface area contributed by atoms with Crippen molar-refractivity contribution in [2.75, 3.05) is 13.2 Å². The van der Waals surface area contributed by atoms with Gasteiger partial charge in [-0.1, -0.05) is 39.0 Å². The number of para-hydroxylation sites is 1. The number of hydrogen-bond donors (Lipinski definition) is 1. The predicted molar refractivity (Wildman–Crippen MR) is 112 cm³/mol. The SMILES string of the molecule is CCC(CCO)N(CC(C)C)C(=O)c1ccc2c(c1)c1ccccc1n2C. The van der Waals surface area contributed by atoms with Gasteiger partial charge in [-0.2, -0.15) is 0 Å². The molecule has 4 nitrogen and oxygen atoms in total. The Balaban J connectivity index is 2.05. The van der Waals surface area contributed by atoms with Crippen LogP contribution < -0.4 is 0 Å². The van der Waals surface area contributed by atoms with Gasteiger partial charge in [0.1, 0.15) is 0 Å². The topological polar surface area (TPSA) is 45.5 Å². The van der Waals surface area contributed by atoms with E-state index in [0.29, 0.717) is 18.9 Å². The molecule has 0 bridgehead atoms. The van der Waals surface area contributed by atoms with Crippen molar-refractivity contribution in [3.63, 3.8) is 0 Å². The Kier molecular flexibility index (Phi) is 5.85. The molecule has 1 unspecified atom stereocenters. The van der Waals surface area contributed by atoms with Crippen molar-refractivity contribution in [1.29, 1.82) is 0 Å². The average Bonchev–Trinajstić information content (AvgIpc) is 2.96. The van der Waals surface area contributed by atoms with Crippen LogP contribution in [0.3, 0.4) is 0 Å². The van der Waals surface area contributed by atoms with Crippen LogP contribution in [0.4, 0.5) is 0 Å². The molecule has 0 spiro atoms. The molecule has 2 aromatic carbocycles. The molecule has 1 amide bonds. The Morgan fingerprint density at radius 1 is 1.11 bits per heavy atom. The Morgan fingerprint density at radius 2 is 1.81 bits per heavy atom. The first-order chi connectivity index (χ1) is 13.0. The fraction of sp³-hybridized carbons (Fsp3) is 0.435. The molecular formula is C23H30N2O2.